The molecule has 0 spiro atoms. The lowest BCUT2D eigenvalue weighted by atomic mass is 10.1. The molecule has 0 aliphatic rings. The van der Waals surface area contributed by atoms with Crippen molar-refractivity contribution in [1.29, 1.82) is 0 Å². The summed E-state index contributed by atoms with van der Waals surface area (Å²) in [5, 5.41) is 18.0. The third-order valence-electron chi connectivity index (χ3n) is 1.67. The van der Waals surface area contributed by atoms with E-state index in [1.807, 2.05) is 0 Å². The molecule has 1 rings (SSSR count). The van der Waals surface area contributed by atoms with Crippen molar-refractivity contribution < 1.29 is 14.6 Å². The van der Waals surface area contributed by atoms with Crippen LogP contribution in [0.25, 0.3) is 0 Å². The Labute approximate surface area is 74.8 Å². The molecule has 1 aromatic heterocycles. The molecule has 5 heteroatoms. The normalized spacial score (nSPS) is 15.4. The zero-order chi connectivity index (χ0) is 9.84. The van der Waals surface area contributed by atoms with Crippen molar-refractivity contribution >= 4 is 0 Å². The minimum Gasteiger partial charge on any atom is -0.395 e. The zero-order valence-electron chi connectivity index (χ0n) is 6.89. The summed E-state index contributed by atoms with van der Waals surface area (Å²) in [6.45, 7) is -0.347. The molecule has 0 radical (unpaired) electrons. The fourth-order valence-corrected chi connectivity index (χ4v) is 0.881. The molecule has 2 atom stereocenters. The Morgan fingerprint density at radius 2 is 2.23 bits per heavy atom. The van der Waals surface area contributed by atoms with Gasteiger partial charge in [0.05, 0.1) is 24.5 Å². The van der Waals surface area contributed by atoms with Crippen molar-refractivity contribution in [3.05, 3.63) is 29.8 Å². The quantitative estimate of drug-likeness (QED) is 0.598. The van der Waals surface area contributed by atoms with Crippen LogP contribution in [0.2, 0.25) is 0 Å². The molecule has 0 saturated heterocycles. The van der Waals surface area contributed by atoms with E-state index in [0.29, 0.717) is 0 Å². The number of nitrogens with zero attached hydrogens (tertiary/aromatic N) is 1. The van der Waals surface area contributed by atoms with Crippen LogP contribution < -0.4 is 5.73 Å². The monoisotopic (exact) mass is 186 g/mol. The van der Waals surface area contributed by atoms with Gasteiger partial charge in [0.1, 0.15) is 11.9 Å². The SMILES string of the molecule is NC(CO)C(O)c1ccc(F)cn1. The first kappa shape index (κ1) is 10.0. The maximum absolute atomic E-state index is 12.4. The van der Waals surface area contributed by atoms with Gasteiger partial charge < -0.3 is 15.9 Å². The first-order valence-electron chi connectivity index (χ1n) is 3.81. The molecule has 0 aliphatic heterocycles. The van der Waals surface area contributed by atoms with Gasteiger partial charge >= 0.3 is 0 Å². The third kappa shape index (κ3) is 2.45. The highest BCUT2D eigenvalue weighted by molar-refractivity contribution is 5.09. The molecule has 0 aliphatic carbocycles. The van der Waals surface area contributed by atoms with Gasteiger partial charge in [0.15, 0.2) is 0 Å². The predicted molar refractivity (Wildman–Crippen MR) is 44.2 cm³/mol. The van der Waals surface area contributed by atoms with Crippen molar-refractivity contribution in [3.8, 4) is 0 Å². The summed E-state index contributed by atoms with van der Waals surface area (Å²) in [7, 11) is 0. The van der Waals surface area contributed by atoms with E-state index in [-0.39, 0.29) is 12.3 Å². The number of aliphatic hydroxyl groups excluding tert-OH is 2. The van der Waals surface area contributed by atoms with Crippen molar-refractivity contribution in [1.82, 2.24) is 4.98 Å². The van der Waals surface area contributed by atoms with Gasteiger partial charge in [-0.1, -0.05) is 0 Å². The van der Waals surface area contributed by atoms with Gasteiger partial charge in [0, 0.05) is 0 Å². The highest BCUT2D eigenvalue weighted by atomic mass is 19.1. The van der Waals surface area contributed by atoms with E-state index in [0.717, 1.165) is 6.20 Å². The van der Waals surface area contributed by atoms with E-state index >= 15 is 0 Å². The van der Waals surface area contributed by atoms with Crippen LogP contribution in [0.4, 0.5) is 4.39 Å². The summed E-state index contributed by atoms with van der Waals surface area (Å²) >= 11 is 0. The Morgan fingerprint density at radius 3 is 2.69 bits per heavy atom. The molecule has 4 N–H and O–H groups in total. The lowest BCUT2D eigenvalue weighted by molar-refractivity contribution is 0.106. The topological polar surface area (TPSA) is 79.4 Å². The van der Waals surface area contributed by atoms with E-state index < -0.39 is 18.0 Å². The maximum atomic E-state index is 12.4. The Kier molecular flexibility index (Phi) is 3.30. The third-order valence-corrected chi connectivity index (χ3v) is 1.67. The molecular formula is C8H11FN2O2. The standard InChI is InChI=1S/C8H11FN2O2/c9-5-1-2-7(11-3-5)8(13)6(10)4-12/h1-3,6,8,12-13H,4,10H2. The number of pyridine rings is 1. The largest absolute Gasteiger partial charge is 0.395 e. The number of nitrogens with two attached hydrogens (primary N) is 1. The van der Waals surface area contributed by atoms with Gasteiger partial charge in [-0.2, -0.15) is 0 Å². The van der Waals surface area contributed by atoms with Gasteiger partial charge in [0.25, 0.3) is 0 Å². The van der Waals surface area contributed by atoms with Crippen molar-refractivity contribution in [2.24, 2.45) is 5.73 Å². The Hall–Kier alpha value is -1.04. The fourth-order valence-electron chi connectivity index (χ4n) is 0.881. The van der Waals surface area contributed by atoms with Crippen LogP contribution in [-0.4, -0.2) is 27.8 Å². The average molecular weight is 186 g/mol. The minimum atomic E-state index is -1.06. The summed E-state index contributed by atoms with van der Waals surface area (Å²) in [6.07, 6.45) is -0.0755. The second-order valence-corrected chi connectivity index (χ2v) is 2.69. The van der Waals surface area contributed by atoms with Crippen LogP contribution in [0, 0.1) is 5.82 Å². The van der Waals surface area contributed by atoms with Gasteiger partial charge in [-0.25, -0.2) is 4.39 Å². The number of hydrogen-bond acceptors (Lipinski definition) is 4. The number of hydrogen-bond donors (Lipinski definition) is 3. The van der Waals surface area contributed by atoms with Crippen LogP contribution in [-0.2, 0) is 0 Å². The summed E-state index contributed by atoms with van der Waals surface area (Å²) in [5.74, 6) is -0.478. The molecule has 0 aromatic carbocycles. The van der Waals surface area contributed by atoms with Crippen LogP contribution in [0.1, 0.15) is 11.8 Å². The second kappa shape index (κ2) is 4.27. The van der Waals surface area contributed by atoms with Crippen LogP contribution >= 0.6 is 0 Å². The molecule has 0 fully saturated rings. The van der Waals surface area contributed by atoms with E-state index in [9.17, 15) is 9.50 Å². The first-order chi connectivity index (χ1) is 6.15. The summed E-state index contributed by atoms with van der Waals surface area (Å²) < 4.78 is 12.4. The van der Waals surface area contributed by atoms with Gasteiger partial charge in [0.2, 0.25) is 0 Å². The van der Waals surface area contributed by atoms with Crippen LogP contribution in [0.3, 0.4) is 0 Å². The Morgan fingerprint density at radius 1 is 1.54 bits per heavy atom. The first-order valence-corrected chi connectivity index (χ1v) is 3.81. The van der Waals surface area contributed by atoms with Gasteiger partial charge in [-0.3, -0.25) is 4.98 Å². The fraction of sp³-hybridized carbons (Fsp3) is 0.375. The Bertz CT molecular complexity index is 265. The van der Waals surface area contributed by atoms with E-state index in [1.165, 1.54) is 12.1 Å². The molecule has 4 nitrogen and oxygen atoms in total. The number of aliphatic hydroxyl groups is 2. The smallest absolute Gasteiger partial charge is 0.141 e. The molecule has 0 amide bonds. The minimum absolute atomic E-state index is 0.253. The van der Waals surface area contributed by atoms with Crippen molar-refractivity contribution in [2.45, 2.75) is 12.1 Å². The van der Waals surface area contributed by atoms with E-state index in [2.05, 4.69) is 4.98 Å². The molecular weight excluding hydrogens is 175 g/mol. The van der Waals surface area contributed by atoms with Gasteiger partial charge in [-0.15, -0.1) is 0 Å². The Balaban J connectivity index is 2.77. The van der Waals surface area contributed by atoms with E-state index in [4.69, 9.17) is 10.8 Å². The average Bonchev–Trinajstić information content (AvgIpc) is 2.17. The molecule has 72 valence electrons. The molecule has 13 heavy (non-hydrogen) atoms. The molecule has 0 saturated carbocycles. The summed E-state index contributed by atoms with van der Waals surface area (Å²) in [6, 6.07) is 1.71. The number of halogens is 1. The number of rotatable bonds is 3. The lowest BCUT2D eigenvalue weighted by Crippen LogP contribution is -2.32. The lowest BCUT2D eigenvalue weighted by Gasteiger charge is -2.15. The summed E-state index contributed by atoms with van der Waals surface area (Å²) in [5.41, 5.74) is 5.61. The molecule has 0 bridgehead atoms. The van der Waals surface area contributed by atoms with Gasteiger partial charge in [-0.05, 0) is 12.1 Å². The highest BCUT2D eigenvalue weighted by Gasteiger charge is 2.16. The highest BCUT2D eigenvalue weighted by Crippen LogP contribution is 2.12. The number of aromatic nitrogens is 1. The summed E-state index contributed by atoms with van der Waals surface area (Å²) in [4.78, 5) is 3.63. The zero-order valence-corrected chi connectivity index (χ0v) is 6.89. The predicted octanol–water partition coefficient (Wildman–Crippen LogP) is -0.426. The van der Waals surface area contributed by atoms with Crippen LogP contribution in [0.15, 0.2) is 18.3 Å². The molecule has 1 heterocycles. The molecule has 2 unspecified atom stereocenters. The maximum Gasteiger partial charge on any atom is 0.141 e. The molecule has 1 aromatic rings. The van der Waals surface area contributed by atoms with Crippen LogP contribution in [0.5, 0.6) is 0 Å². The second-order valence-electron chi connectivity index (χ2n) is 2.69. The van der Waals surface area contributed by atoms with Crippen molar-refractivity contribution in [2.75, 3.05) is 6.61 Å². The van der Waals surface area contributed by atoms with E-state index in [1.54, 1.807) is 0 Å². The van der Waals surface area contributed by atoms with Crippen molar-refractivity contribution in [3.63, 3.8) is 0 Å².